The van der Waals surface area contributed by atoms with E-state index in [4.69, 9.17) is 51.9 Å². The van der Waals surface area contributed by atoms with Gasteiger partial charge in [0.2, 0.25) is 5.96 Å². The summed E-state index contributed by atoms with van der Waals surface area (Å²) < 4.78 is 28.3. The van der Waals surface area contributed by atoms with Crippen LogP contribution in [0.25, 0.3) is 0 Å². The molecule has 0 aliphatic carbocycles. The van der Waals surface area contributed by atoms with Gasteiger partial charge in [-0.15, -0.1) is 0 Å². The lowest BCUT2D eigenvalue weighted by Gasteiger charge is -2.28. The van der Waals surface area contributed by atoms with E-state index in [1.807, 2.05) is 36.4 Å². The molecule has 1 heterocycles. The van der Waals surface area contributed by atoms with Crippen LogP contribution in [0.2, 0.25) is 10.0 Å². The molecule has 10 nitrogen and oxygen atoms in total. The Labute approximate surface area is 288 Å². The molecular weight excluding hydrogens is 643 g/mol. The molecule has 2 N–H and O–H groups in total. The third kappa shape index (κ3) is 9.81. The van der Waals surface area contributed by atoms with E-state index in [0.29, 0.717) is 77.5 Å². The van der Waals surface area contributed by atoms with Crippen molar-refractivity contribution in [3.63, 3.8) is 0 Å². The summed E-state index contributed by atoms with van der Waals surface area (Å²) in [5.74, 6) is 3.23. The predicted octanol–water partition coefficient (Wildman–Crippen LogP) is 6.17. The third-order valence-corrected chi connectivity index (χ3v) is 8.28. The van der Waals surface area contributed by atoms with Gasteiger partial charge in [0.25, 0.3) is 0 Å². The Balaban J connectivity index is 1.71. The first kappa shape index (κ1) is 36.4. The fraction of sp³-hybridized carbons (Fsp3) is 0.457. The van der Waals surface area contributed by atoms with Crippen LogP contribution < -0.4 is 24.3 Å². The van der Waals surface area contributed by atoms with Crippen LogP contribution in [-0.2, 0) is 17.8 Å². The first-order valence-electron chi connectivity index (χ1n) is 15.4. The van der Waals surface area contributed by atoms with E-state index < -0.39 is 6.10 Å². The Morgan fingerprint density at radius 2 is 1.40 bits per heavy atom. The maximum atomic E-state index is 10.6. The van der Waals surface area contributed by atoms with Gasteiger partial charge in [0.1, 0.15) is 5.69 Å². The maximum absolute atomic E-state index is 10.6. The number of nitrogens with zero attached hydrogens (tertiary/aromatic N) is 3. The Bertz CT molecular complexity index is 1500. The number of β-amino-alcohol motifs (C(OH)–C–C–N with tert-alkyl or cyclic N) is 1. The highest BCUT2D eigenvalue weighted by molar-refractivity contribution is 6.38. The number of benzene rings is 3. The molecule has 2 atom stereocenters. The number of methoxy groups -OCH3 is 4. The van der Waals surface area contributed by atoms with E-state index >= 15 is 0 Å². The molecule has 0 aromatic heterocycles. The molecule has 0 spiro atoms. The normalized spacial score (nSPS) is 16.5. The van der Waals surface area contributed by atoms with Crippen molar-refractivity contribution >= 4 is 34.8 Å². The van der Waals surface area contributed by atoms with E-state index in [1.165, 1.54) is 0 Å². The fourth-order valence-corrected chi connectivity index (χ4v) is 5.77. The summed E-state index contributed by atoms with van der Waals surface area (Å²) >= 11 is 13.3. The van der Waals surface area contributed by atoms with E-state index in [0.717, 1.165) is 11.1 Å². The molecule has 1 aliphatic rings. The number of hydrogen-bond acceptors (Lipinski definition) is 8. The summed E-state index contributed by atoms with van der Waals surface area (Å²) in [5, 5.41) is 14.8. The summed E-state index contributed by atoms with van der Waals surface area (Å²) in [5.41, 5.74) is 2.34. The zero-order chi connectivity index (χ0) is 34.1. The SMILES string of the molecule is COc1ccc(CN2CC(COCC(O)CNC(C)(C)C)N(Cc3ccc(OC)c(OC)c3)C2=Nc2c(Cl)cccc2Cl)cc1OC. The molecule has 3 aromatic rings. The Morgan fingerprint density at radius 1 is 0.851 bits per heavy atom. The van der Waals surface area contributed by atoms with Crippen LogP contribution in [0.4, 0.5) is 5.69 Å². The lowest BCUT2D eigenvalue weighted by Crippen LogP contribution is -2.43. The van der Waals surface area contributed by atoms with Crippen molar-refractivity contribution in [2.75, 3.05) is 54.7 Å². The zero-order valence-electron chi connectivity index (χ0n) is 28.2. The van der Waals surface area contributed by atoms with Crippen LogP contribution in [-0.4, -0.2) is 93.3 Å². The smallest absolute Gasteiger partial charge is 0.203 e. The number of aliphatic hydroxyl groups is 1. The first-order chi connectivity index (χ1) is 22.5. The molecule has 12 heteroatoms. The van der Waals surface area contributed by atoms with Crippen molar-refractivity contribution < 1.29 is 28.8 Å². The lowest BCUT2D eigenvalue weighted by molar-refractivity contribution is 0.0170. The number of guanidine groups is 1. The Kier molecular flexibility index (Phi) is 12.9. The second-order valence-corrected chi connectivity index (χ2v) is 13.2. The molecule has 1 aliphatic heterocycles. The number of rotatable bonds is 15. The number of halogens is 2. The van der Waals surface area contributed by atoms with Crippen molar-refractivity contribution in [3.05, 3.63) is 75.8 Å². The topological polar surface area (TPSA) is 97.3 Å². The molecule has 4 rings (SSSR count). The highest BCUT2D eigenvalue weighted by Gasteiger charge is 2.36. The van der Waals surface area contributed by atoms with Crippen LogP contribution in [0.1, 0.15) is 31.9 Å². The summed E-state index contributed by atoms with van der Waals surface area (Å²) in [7, 11) is 6.46. The van der Waals surface area contributed by atoms with Gasteiger partial charge in [0.05, 0.1) is 63.8 Å². The molecule has 1 fully saturated rings. The minimum absolute atomic E-state index is 0.112. The minimum Gasteiger partial charge on any atom is -0.493 e. The molecular formula is C35H46Cl2N4O6. The standard InChI is InChI=1S/C35H46Cl2N4O6/c1-35(2,3)38-17-26(42)22-47-21-25-20-40(18-23-11-13-29(43-4)31(15-23)45-6)34(39-33-27(36)9-8-10-28(33)37)41(25)19-24-12-14-30(44-5)32(16-24)46-7/h8-16,25-26,38,42H,17-22H2,1-7H3. The van der Waals surface area contributed by atoms with Crippen LogP contribution in [0.15, 0.2) is 59.6 Å². The van der Waals surface area contributed by atoms with Crippen molar-refractivity contribution in [2.45, 2.75) is 51.5 Å². The maximum Gasteiger partial charge on any atom is 0.203 e. The lowest BCUT2D eigenvalue weighted by atomic mass is 10.1. The van der Waals surface area contributed by atoms with Crippen LogP contribution >= 0.6 is 23.2 Å². The van der Waals surface area contributed by atoms with Gasteiger partial charge in [0.15, 0.2) is 23.0 Å². The molecule has 3 aromatic carbocycles. The van der Waals surface area contributed by atoms with Gasteiger partial charge < -0.3 is 43.9 Å². The zero-order valence-corrected chi connectivity index (χ0v) is 29.7. The van der Waals surface area contributed by atoms with E-state index in [1.54, 1.807) is 46.6 Å². The van der Waals surface area contributed by atoms with Crippen LogP contribution in [0, 0.1) is 0 Å². The van der Waals surface area contributed by atoms with E-state index in [2.05, 4.69) is 35.9 Å². The monoisotopic (exact) mass is 688 g/mol. The van der Waals surface area contributed by atoms with E-state index in [-0.39, 0.29) is 18.2 Å². The highest BCUT2D eigenvalue weighted by atomic mass is 35.5. The summed E-state index contributed by atoms with van der Waals surface area (Å²) in [4.78, 5) is 9.45. The van der Waals surface area contributed by atoms with Gasteiger partial charge in [0, 0.05) is 31.7 Å². The summed E-state index contributed by atoms with van der Waals surface area (Å²) in [6.45, 7) is 8.70. The van der Waals surface area contributed by atoms with E-state index in [9.17, 15) is 5.11 Å². The van der Waals surface area contributed by atoms with Gasteiger partial charge in [-0.3, -0.25) is 0 Å². The third-order valence-electron chi connectivity index (χ3n) is 7.67. The van der Waals surface area contributed by atoms with Crippen molar-refractivity contribution in [1.82, 2.24) is 15.1 Å². The fourth-order valence-electron chi connectivity index (χ4n) is 5.29. The largest absolute Gasteiger partial charge is 0.493 e. The number of aliphatic hydroxyl groups excluding tert-OH is 1. The Hall–Kier alpha value is -3.41. The second-order valence-electron chi connectivity index (χ2n) is 12.3. The van der Waals surface area contributed by atoms with Crippen LogP contribution in [0.5, 0.6) is 23.0 Å². The van der Waals surface area contributed by atoms with Gasteiger partial charge in [-0.2, -0.15) is 0 Å². The second kappa shape index (κ2) is 16.6. The molecule has 0 radical (unpaired) electrons. The number of nitrogens with one attached hydrogen (secondary N) is 1. The molecule has 0 amide bonds. The minimum atomic E-state index is -0.659. The number of hydrogen-bond donors (Lipinski definition) is 2. The molecule has 256 valence electrons. The summed E-state index contributed by atoms with van der Waals surface area (Å²) in [6, 6.07) is 16.9. The Morgan fingerprint density at radius 3 is 1.94 bits per heavy atom. The number of aliphatic imine (C=N–C) groups is 1. The molecule has 0 bridgehead atoms. The quantitative estimate of drug-likeness (QED) is 0.194. The van der Waals surface area contributed by atoms with Crippen molar-refractivity contribution in [2.24, 2.45) is 4.99 Å². The van der Waals surface area contributed by atoms with Gasteiger partial charge >= 0.3 is 0 Å². The van der Waals surface area contributed by atoms with Gasteiger partial charge in [-0.05, 0) is 68.3 Å². The predicted molar refractivity (Wildman–Crippen MR) is 187 cm³/mol. The first-order valence-corrected chi connectivity index (χ1v) is 16.2. The average molecular weight is 690 g/mol. The van der Waals surface area contributed by atoms with Crippen molar-refractivity contribution in [3.8, 4) is 23.0 Å². The summed E-state index contributed by atoms with van der Waals surface area (Å²) in [6.07, 6.45) is -0.659. The average Bonchev–Trinajstić information content (AvgIpc) is 3.35. The van der Waals surface area contributed by atoms with Gasteiger partial charge in [-0.1, -0.05) is 41.4 Å². The molecule has 1 saturated heterocycles. The number of para-hydroxylation sites is 1. The van der Waals surface area contributed by atoms with Crippen LogP contribution in [0.3, 0.4) is 0 Å². The highest BCUT2D eigenvalue weighted by Crippen LogP contribution is 2.36. The molecule has 0 saturated carbocycles. The van der Waals surface area contributed by atoms with Gasteiger partial charge in [-0.25, -0.2) is 4.99 Å². The van der Waals surface area contributed by atoms with Crippen molar-refractivity contribution in [1.29, 1.82) is 0 Å². The number of ether oxygens (including phenoxy) is 5. The molecule has 47 heavy (non-hydrogen) atoms. The molecule has 2 unspecified atom stereocenters.